The molecule has 9 nitrogen and oxygen atoms in total. The van der Waals surface area contributed by atoms with Crippen molar-refractivity contribution in [2.75, 3.05) is 11.9 Å². The van der Waals surface area contributed by atoms with E-state index in [0.717, 1.165) is 25.7 Å². The second-order valence-electron chi connectivity index (χ2n) is 9.31. The van der Waals surface area contributed by atoms with Crippen molar-refractivity contribution >= 4 is 46.8 Å². The number of aromatic nitrogens is 3. The minimum absolute atomic E-state index is 0.141. The first-order valence-corrected chi connectivity index (χ1v) is 14.0. The van der Waals surface area contributed by atoms with Gasteiger partial charge in [-0.05, 0) is 49.2 Å². The fraction of sp³-hybridized carbons (Fsp3) is 0.233. The number of hydrogen-bond acceptors (Lipinski definition) is 5. The summed E-state index contributed by atoms with van der Waals surface area (Å²) >= 11 is 12.8. The van der Waals surface area contributed by atoms with Crippen LogP contribution in [0, 0.1) is 0 Å². The number of para-hydroxylation sites is 1. The summed E-state index contributed by atoms with van der Waals surface area (Å²) in [5, 5.41) is 19.4. The van der Waals surface area contributed by atoms with Gasteiger partial charge in [-0.1, -0.05) is 66.7 Å². The Bertz CT molecular complexity index is 1510. The largest absolute Gasteiger partial charge is 0.481 e. The molecule has 0 bridgehead atoms. The minimum Gasteiger partial charge on any atom is -0.481 e. The summed E-state index contributed by atoms with van der Waals surface area (Å²) in [6, 6.07) is 19.1. The second-order valence-corrected chi connectivity index (χ2v) is 10.1. The highest BCUT2D eigenvalue weighted by atomic mass is 35.5. The Morgan fingerprint density at radius 1 is 0.829 bits per heavy atom. The van der Waals surface area contributed by atoms with Gasteiger partial charge in [-0.25, -0.2) is 4.68 Å². The molecule has 0 atom stereocenters. The summed E-state index contributed by atoms with van der Waals surface area (Å²) in [7, 11) is 0. The highest BCUT2D eigenvalue weighted by Gasteiger charge is 2.20. The first-order chi connectivity index (χ1) is 19.8. The van der Waals surface area contributed by atoms with Crippen molar-refractivity contribution in [3.05, 3.63) is 94.2 Å². The molecule has 0 aliphatic carbocycles. The molecule has 4 aromatic rings. The van der Waals surface area contributed by atoms with Crippen molar-refractivity contribution in [2.45, 2.75) is 38.5 Å². The number of carboxylic acids is 1. The monoisotopic (exact) mass is 593 g/mol. The van der Waals surface area contributed by atoms with Crippen molar-refractivity contribution in [3.63, 3.8) is 0 Å². The lowest BCUT2D eigenvalue weighted by Crippen LogP contribution is -2.25. The van der Waals surface area contributed by atoms with Crippen LogP contribution in [0.4, 0.5) is 5.82 Å². The number of anilines is 1. The van der Waals surface area contributed by atoms with Crippen molar-refractivity contribution in [1.82, 2.24) is 20.1 Å². The molecule has 11 heteroatoms. The van der Waals surface area contributed by atoms with Gasteiger partial charge in [0.1, 0.15) is 5.82 Å². The third-order valence-corrected chi connectivity index (χ3v) is 6.90. The van der Waals surface area contributed by atoms with Gasteiger partial charge in [0.25, 0.3) is 11.8 Å². The predicted molar refractivity (Wildman–Crippen MR) is 159 cm³/mol. The second kappa shape index (κ2) is 14.4. The number of hydrogen-bond donors (Lipinski definition) is 3. The van der Waals surface area contributed by atoms with Crippen LogP contribution in [0.15, 0.2) is 72.9 Å². The van der Waals surface area contributed by atoms with Crippen LogP contribution in [0.3, 0.4) is 0 Å². The van der Waals surface area contributed by atoms with Crippen LogP contribution in [0.25, 0.3) is 16.9 Å². The summed E-state index contributed by atoms with van der Waals surface area (Å²) in [5.74, 6) is -1.37. The average molecular weight is 594 g/mol. The molecule has 212 valence electrons. The summed E-state index contributed by atoms with van der Waals surface area (Å²) in [6.45, 7) is 0.453. The lowest BCUT2D eigenvalue weighted by Gasteiger charge is -2.12. The number of halogens is 2. The molecule has 0 aliphatic rings. The Morgan fingerprint density at radius 3 is 2.29 bits per heavy atom. The van der Waals surface area contributed by atoms with Gasteiger partial charge in [-0.2, -0.15) is 5.10 Å². The number of unbranched alkanes of at least 4 members (excludes halogenated alkanes) is 4. The number of nitrogens with one attached hydrogen (secondary N) is 2. The smallest absolute Gasteiger partial charge is 0.303 e. The topological polar surface area (TPSA) is 126 Å². The third kappa shape index (κ3) is 8.15. The van der Waals surface area contributed by atoms with Crippen molar-refractivity contribution in [2.24, 2.45) is 0 Å². The molecule has 2 heterocycles. The summed E-state index contributed by atoms with van der Waals surface area (Å²) < 4.78 is 1.48. The van der Waals surface area contributed by atoms with Crippen LogP contribution in [0.1, 0.15) is 59.4 Å². The molecule has 0 saturated heterocycles. The molecule has 0 fully saturated rings. The molecule has 41 heavy (non-hydrogen) atoms. The quantitative estimate of drug-likeness (QED) is 0.149. The Labute approximate surface area is 247 Å². The van der Waals surface area contributed by atoms with E-state index in [2.05, 4.69) is 20.7 Å². The number of amides is 2. The van der Waals surface area contributed by atoms with E-state index in [1.165, 1.54) is 16.8 Å². The fourth-order valence-corrected chi connectivity index (χ4v) is 4.76. The standard InChI is InChI=1S/C30H29Cl2N5O4/c31-23-18-24(32)22(17-21(23)25-13-8-10-15-33-25)29(40)35-27-19-26(36-37(27)20-11-5-4-6-12-20)30(41)34-16-9-3-1-2-7-14-28(38)39/h4-6,8,10-13,15,17-19H,1-3,7,9,14,16H2,(H,34,41)(H,35,40)(H,38,39). The molecule has 2 amide bonds. The molecule has 0 aliphatic heterocycles. The lowest BCUT2D eigenvalue weighted by molar-refractivity contribution is -0.137. The number of carbonyl (C=O) groups excluding carboxylic acids is 2. The predicted octanol–water partition coefficient (Wildman–Crippen LogP) is 6.65. The van der Waals surface area contributed by atoms with Gasteiger partial charge in [-0.3, -0.25) is 19.4 Å². The molecular weight excluding hydrogens is 565 g/mol. The number of carbonyl (C=O) groups is 3. The number of rotatable bonds is 13. The molecular formula is C30H29Cl2N5O4. The number of aliphatic carboxylic acids is 1. The van der Waals surface area contributed by atoms with Gasteiger partial charge in [0.05, 0.1) is 27.0 Å². The van der Waals surface area contributed by atoms with Crippen molar-refractivity contribution < 1.29 is 19.5 Å². The van der Waals surface area contributed by atoms with Crippen LogP contribution in [-0.2, 0) is 4.79 Å². The van der Waals surface area contributed by atoms with E-state index in [-0.39, 0.29) is 34.4 Å². The Morgan fingerprint density at radius 2 is 1.56 bits per heavy atom. The highest BCUT2D eigenvalue weighted by molar-refractivity contribution is 6.38. The van der Waals surface area contributed by atoms with E-state index >= 15 is 0 Å². The lowest BCUT2D eigenvalue weighted by atomic mass is 10.1. The highest BCUT2D eigenvalue weighted by Crippen LogP contribution is 2.32. The van der Waals surface area contributed by atoms with Crippen LogP contribution in [0.2, 0.25) is 10.0 Å². The average Bonchev–Trinajstić information content (AvgIpc) is 3.39. The third-order valence-electron chi connectivity index (χ3n) is 6.28. The maximum atomic E-state index is 13.4. The van der Waals surface area contributed by atoms with Crippen molar-refractivity contribution in [3.8, 4) is 16.9 Å². The zero-order chi connectivity index (χ0) is 29.2. The molecule has 0 saturated carbocycles. The maximum absolute atomic E-state index is 13.4. The van der Waals surface area contributed by atoms with Gasteiger partial charge in [0.2, 0.25) is 0 Å². The van der Waals surface area contributed by atoms with Crippen LogP contribution < -0.4 is 10.6 Å². The molecule has 2 aromatic heterocycles. The van der Waals surface area contributed by atoms with Crippen LogP contribution in [-0.4, -0.2) is 44.2 Å². The van der Waals surface area contributed by atoms with Gasteiger partial charge < -0.3 is 15.7 Å². The molecule has 2 aromatic carbocycles. The molecule has 0 unspecified atom stereocenters. The van der Waals surface area contributed by atoms with Gasteiger partial charge >= 0.3 is 5.97 Å². The fourth-order valence-electron chi connectivity index (χ4n) is 4.20. The van der Waals surface area contributed by atoms with Crippen LogP contribution >= 0.6 is 23.2 Å². The Hall–Kier alpha value is -4.21. The summed E-state index contributed by atoms with van der Waals surface area (Å²) in [4.78, 5) is 41.2. The first kappa shape index (κ1) is 29.8. The minimum atomic E-state index is -0.784. The van der Waals surface area contributed by atoms with Crippen LogP contribution in [0.5, 0.6) is 0 Å². The molecule has 0 spiro atoms. The van der Waals surface area contributed by atoms with Gasteiger partial charge in [-0.15, -0.1) is 0 Å². The first-order valence-electron chi connectivity index (χ1n) is 13.2. The van der Waals surface area contributed by atoms with Gasteiger partial charge in [0.15, 0.2) is 5.69 Å². The summed E-state index contributed by atoms with van der Waals surface area (Å²) in [6.07, 6.45) is 5.84. The molecule has 4 rings (SSSR count). The normalized spacial score (nSPS) is 10.8. The van der Waals surface area contributed by atoms with E-state index in [4.69, 9.17) is 28.3 Å². The number of benzene rings is 2. The van der Waals surface area contributed by atoms with E-state index < -0.39 is 11.9 Å². The molecule has 3 N–H and O–H groups in total. The Balaban J connectivity index is 1.48. The van der Waals surface area contributed by atoms with E-state index in [0.29, 0.717) is 34.9 Å². The van der Waals surface area contributed by atoms with E-state index in [1.807, 2.05) is 36.4 Å². The zero-order valence-electron chi connectivity index (χ0n) is 22.1. The maximum Gasteiger partial charge on any atom is 0.303 e. The number of pyridine rings is 1. The SMILES string of the molecule is O=C(O)CCCCCCCNC(=O)c1cc(NC(=O)c2cc(-c3ccccn3)c(Cl)cc2Cl)n(-c2ccccc2)n1. The Kier molecular flexibility index (Phi) is 10.5. The van der Waals surface area contributed by atoms with E-state index in [9.17, 15) is 14.4 Å². The zero-order valence-corrected chi connectivity index (χ0v) is 23.7. The number of nitrogens with zero attached hydrogens (tertiary/aromatic N) is 3. The number of carboxylic acid groups (broad SMARTS) is 1. The summed E-state index contributed by atoms with van der Waals surface area (Å²) in [5.41, 5.74) is 2.13. The van der Waals surface area contributed by atoms with E-state index in [1.54, 1.807) is 24.4 Å². The van der Waals surface area contributed by atoms with Crippen molar-refractivity contribution in [1.29, 1.82) is 0 Å². The van der Waals surface area contributed by atoms with Gasteiger partial charge in [0, 0.05) is 30.8 Å². The molecule has 0 radical (unpaired) electrons.